The van der Waals surface area contributed by atoms with Crippen LogP contribution >= 0.6 is 0 Å². The van der Waals surface area contributed by atoms with Gasteiger partial charge in [0, 0.05) is 6.92 Å². The Hall–Kier alpha value is -2.54. The lowest BCUT2D eigenvalue weighted by Gasteiger charge is -2.12. The topological polar surface area (TPSA) is 84.5 Å². The summed E-state index contributed by atoms with van der Waals surface area (Å²) in [4.78, 5) is 11.4. The van der Waals surface area contributed by atoms with Gasteiger partial charge in [-0.2, -0.15) is 0 Å². The molecule has 0 spiro atoms. The number of hydrogen-bond acceptors (Lipinski definition) is 4. The zero-order chi connectivity index (χ0) is 16.2. The second kappa shape index (κ2) is 6.48. The average Bonchev–Trinajstić information content (AvgIpc) is 2.47. The Labute approximate surface area is 129 Å². The fourth-order valence-corrected chi connectivity index (χ4v) is 2.94. The van der Waals surface area contributed by atoms with E-state index in [0.29, 0.717) is 17.1 Å². The molecule has 0 heterocycles. The lowest BCUT2D eigenvalue weighted by Crippen LogP contribution is -2.13. The van der Waals surface area contributed by atoms with Crippen LogP contribution in [-0.4, -0.2) is 21.4 Å². The number of rotatable bonds is 5. The van der Waals surface area contributed by atoms with Crippen molar-refractivity contribution in [2.75, 3.05) is 17.1 Å². The molecule has 0 aliphatic heterocycles. The average molecular weight is 320 g/mol. The predicted molar refractivity (Wildman–Crippen MR) is 84.5 cm³/mol. The smallest absolute Gasteiger partial charge is 0.261 e. The third kappa shape index (κ3) is 3.76. The van der Waals surface area contributed by atoms with Gasteiger partial charge in [-0.05, 0) is 30.3 Å². The van der Waals surface area contributed by atoms with E-state index in [1.165, 1.54) is 32.2 Å². The summed E-state index contributed by atoms with van der Waals surface area (Å²) in [5, 5.41) is 2.59. The lowest BCUT2D eigenvalue weighted by molar-refractivity contribution is -0.114. The van der Waals surface area contributed by atoms with Crippen LogP contribution in [0.25, 0.3) is 0 Å². The van der Waals surface area contributed by atoms with Gasteiger partial charge in [-0.1, -0.05) is 18.2 Å². The molecule has 0 fully saturated rings. The highest BCUT2D eigenvalue weighted by Crippen LogP contribution is 2.29. The van der Waals surface area contributed by atoms with Crippen molar-refractivity contribution in [1.29, 1.82) is 0 Å². The second-order valence-electron chi connectivity index (χ2n) is 4.51. The van der Waals surface area contributed by atoms with Crippen molar-refractivity contribution in [3.05, 3.63) is 48.5 Å². The molecule has 116 valence electrons. The van der Waals surface area contributed by atoms with Gasteiger partial charge in [0.15, 0.2) is 0 Å². The van der Waals surface area contributed by atoms with Gasteiger partial charge >= 0.3 is 0 Å². The maximum absolute atomic E-state index is 12.3. The van der Waals surface area contributed by atoms with Gasteiger partial charge in [0.05, 0.1) is 23.4 Å². The van der Waals surface area contributed by atoms with Gasteiger partial charge in [-0.3, -0.25) is 9.52 Å². The van der Waals surface area contributed by atoms with Gasteiger partial charge in [0.25, 0.3) is 10.0 Å². The van der Waals surface area contributed by atoms with E-state index in [-0.39, 0.29) is 10.8 Å². The molecule has 0 radical (unpaired) electrons. The molecule has 0 aromatic heterocycles. The zero-order valence-electron chi connectivity index (χ0n) is 12.2. The SMILES string of the molecule is COc1ccc(NS(=O)(=O)c2ccccc2)cc1NC(C)=O. The molecule has 2 N–H and O–H groups in total. The van der Waals surface area contributed by atoms with E-state index < -0.39 is 10.0 Å². The monoisotopic (exact) mass is 320 g/mol. The largest absolute Gasteiger partial charge is 0.495 e. The fraction of sp³-hybridized carbons (Fsp3) is 0.133. The first-order valence-corrected chi connectivity index (χ1v) is 7.94. The number of methoxy groups -OCH3 is 1. The maximum Gasteiger partial charge on any atom is 0.261 e. The van der Waals surface area contributed by atoms with Crippen LogP contribution in [0.2, 0.25) is 0 Å². The van der Waals surface area contributed by atoms with Crippen LogP contribution in [0.4, 0.5) is 11.4 Å². The molecule has 2 rings (SSSR count). The number of ether oxygens (including phenoxy) is 1. The Bertz CT molecular complexity index is 773. The molecule has 0 atom stereocenters. The molecule has 0 aliphatic carbocycles. The molecule has 2 aromatic rings. The minimum absolute atomic E-state index is 0.159. The Morgan fingerprint density at radius 2 is 1.77 bits per heavy atom. The van der Waals surface area contributed by atoms with Gasteiger partial charge in [0.1, 0.15) is 5.75 Å². The first-order valence-electron chi connectivity index (χ1n) is 6.46. The summed E-state index contributed by atoms with van der Waals surface area (Å²) in [6.07, 6.45) is 0. The van der Waals surface area contributed by atoms with Gasteiger partial charge in [-0.15, -0.1) is 0 Å². The van der Waals surface area contributed by atoms with Crippen molar-refractivity contribution in [2.24, 2.45) is 0 Å². The molecule has 1 amide bonds. The van der Waals surface area contributed by atoms with E-state index in [0.717, 1.165) is 0 Å². The Kier molecular flexibility index (Phi) is 4.67. The van der Waals surface area contributed by atoms with E-state index >= 15 is 0 Å². The van der Waals surface area contributed by atoms with Crippen molar-refractivity contribution in [2.45, 2.75) is 11.8 Å². The van der Waals surface area contributed by atoms with Crippen LogP contribution < -0.4 is 14.8 Å². The van der Waals surface area contributed by atoms with E-state index in [2.05, 4.69) is 10.0 Å². The molecule has 0 saturated carbocycles. The van der Waals surface area contributed by atoms with Crippen LogP contribution in [0.5, 0.6) is 5.75 Å². The molecule has 0 saturated heterocycles. The third-order valence-corrected chi connectivity index (χ3v) is 4.21. The van der Waals surface area contributed by atoms with Crippen LogP contribution in [0.3, 0.4) is 0 Å². The van der Waals surface area contributed by atoms with Crippen molar-refractivity contribution in [3.63, 3.8) is 0 Å². The summed E-state index contributed by atoms with van der Waals surface area (Å²) in [5.74, 6) is 0.166. The number of carbonyl (C=O) groups is 1. The van der Waals surface area contributed by atoms with Crippen LogP contribution in [-0.2, 0) is 14.8 Å². The normalized spacial score (nSPS) is 10.8. The van der Waals surface area contributed by atoms with Crippen LogP contribution in [0.1, 0.15) is 6.92 Å². The Balaban J connectivity index is 2.32. The van der Waals surface area contributed by atoms with E-state index in [1.807, 2.05) is 0 Å². The highest BCUT2D eigenvalue weighted by molar-refractivity contribution is 7.92. The maximum atomic E-state index is 12.3. The minimum atomic E-state index is -3.68. The third-order valence-electron chi connectivity index (χ3n) is 2.82. The number of hydrogen-bond donors (Lipinski definition) is 2. The molecule has 0 unspecified atom stereocenters. The van der Waals surface area contributed by atoms with Crippen LogP contribution in [0.15, 0.2) is 53.4 Å². The fourth-order valence-electron chi connectivity index (χ4n) is 1.87. The number of anilines is 2. The highest BCUT2D eigenvalue weighted by atomic mass is 32.2. The zero-order valence-corrected chi connectivity index (χ0v) is 13.0. The van der Waals surface area contributed by atoms with Gasteiger partial charge < -0.3 is 10.1 Å². The summed E-state index contributed by atoms with van der Waals surface area (Å²) in [5.41, 5.74) is 0.719. The van der Waals surface area contributed by atoms with E-state index in [1.54, 1.807) is 30.3 Å². The lowest BCUT2D eigenvalue weighted by atomic mass is 10.2. The summed E-state index contributed by atoms with van der Waals surface area (Å²) in [6.45, 7) is 1.36. The van der Waals surface area contributed by atoms with E-state index in [9.17, 15) is 13.2 Å². The number of nitrogens with one attached hydrogen (secondary N) is 2. The first-order chi connectivity index (χ1) is 10.4. The summed E-state index contributed by atoms with van der Waals surface area (Å²) in [7, 11) is -2.21. The molecule has 22 heavy (non-hydrogen) atoms. The molecular formula is C15H16N2O4S. The summed E-state index contributed by atoms with van der Waals surface area (Å²) >= 11 is 0. The van der Waals surface area contributed by atoms with Crippen molar-refractivity contribution < 1.29 is 17.9 Å². The molecular weight excluding hydrogens is 304 g/mol. The van der Waals surface area contributed by atoms with Gasteiger partial charge in [0.2, 0.25) is 5.91 Å². The molecule has 6 nitrogen and oxygen atoms in total. The Morgan fingerprint density at radius 1 is 1.09 bits per heavy atom. The molecule has 7 heteroatoms. The molecule has 0 bridgehead atoms. The molecule has 0 aliphatic rings. The van der Waals surface area contributed by atoms with Gasteiger partial charge in [-0.25, -0.2) is 8.42 Å². The summed E-state index contributed by atoms with van der Waals surface area (Å²) in [6, 6.07) is 12.7. The standard InChI is InChI=1S/C15H16N2O4S/c1-11(18)16-14-10-12(8-9-15(14)21-2)17-22(19,20)13-6-4-3-5-7-13/h3-10,17H,1-2H3,(H,16,18). The number of benzene rings is 2. The summed E-state index contributed by atoms with van der Waals surface area (Å²) < 4.78 is 32.1. The Morgan fingerprint density at radius 3 is 2.36 bits per heavy atom. The quantitative estimate of drug-likeness (QED) is 0.886. The second-order valence-corrected chi connectivity index (χ2v) is 6.20. The number of carbonyl (C=O) groups excluding carboxylic acids is 1. The van der Waals surface area contributed by atoms with E-state index in [4.69, 9.17) is 4.74 Å². The predicted octanol–water partition coefficient (Wildman–Crippen LogP) is 2.45. The van der Waals surface area contributed by atoms with Crippen molar-refractivity contribution >= 4 is 27.3 Å². The van der Waals surface area contributed by atoms with Crippen molar-refractivity contribution in [3.8, 4) is 5.75 Å². The first kappa shape index (κ1) is 15.8. The van der Waals surface area contributed by atoms with Crippen molar-refractivity contribution in [1.82, 2.24) is 0 Å². The number of amides is 1. The minimum Gasteiger partial charge on any atom is -0.495 e. The molecule has 2 aromatic carbocycles. The highest BCUT2D eigenvalue weighted by Gasteiger charge is 2.15. The van der Waals surface area contributed by atoms with Crippen LogP contribution in [0, 0.1) is 0 Å². The number of sulfonamides is 1.